The van der Waals surface area contributed by atoms with Crippen molar-refractivity contribution in [1.82, 2.24) is 15.5 Å². The maximum absolute atomic E-state index is 12.4. The van der Waals surface area contributed by atoms with Crippen molar-refractivity contribution in [1.29, 1.82) is 0 Å². The second-order valence-electron chi connectivity index (χ2n) is 6.69. The summed E-state index contributed by atoms with van der Waals surface area (Å²) < 4.78 is 4.90. The Bertz CT molecular complexity index is 774. The van der Waals surface area contributed by atoms with Crippen LogP contribution in [-0.4, -0.2) is 68.5 Å². The molecule has 2 aliphatic heterocycles. The zero-order chi connectivity index (χ0) is 20.1. The van der Waals surface area contributed by atoms with Gasteiger partial charge in [-0.15, -0.1) is 0 Å². The number of carbonyl (C=O) groups excluding carboxylic acids is 2. The molecule has 3 rings (SSSR count). The van der Waals surface area contributed by atoms with Gasteiger partial charge >= 0.3 is 0 Å². The van der Waals surface area contributed by atoms with Gasteiger partial charge in [0.15, 0.2) is 0 Å². The number of hydrazone groups is 1. The third kappa shape index (κ3) is 5.35. The van der Waals surface area contributed by atoms with Gasteiger partial charge in [0.25, 0.3) is 0 Å². The fraction of sp³-hybridized carbons (Fsp3) is 0.500. The van der Waals surface area contributed by atoms with E-state index in [0.29, 0.717) is 48.5 Å². The van der Waals surface area contributed by atoms with Gasteiger partial charge in [-0.3, -0.25) is 14.6 Å². The molecule has 1 aromatic carbocycles. The predicted octanol–water partition coefficient (Wildman–Crippen LogP) is 1.47. The Labute approximate surface area is 173 Å². The Balaban J connectivity index is 1.52. The van der Waals surface area contributed by atoms with Crippen molar-refractivity contribution in [3.05, 3.63) is 28.2 Å². The third-order valence-electron chi connectivity index (χ3n) is 4.59. The number of hydrogen-bond donors (Lipinski definition) is 2. The molecule has 0 radical (unpaired) electrons. The van der Waals surface area contributed by atoms with Crippen LogP contribution in [0, 0.1) is 0 Å². The van der Waals surface area contributed by atoms with E-state index < -0.39 is 0 Å². The number of amidine groups is 1. The van der Waals surface area contributed by atoms with E-state index in [4.69, 9.17) is 27.9 Å². The molecule has 2 aliphatic rings. The minimum Gasteiger partial charge on any atom is -0.375 e. The summed E-state index contributed by atoms with van der Waals surface area (Å²) in [5.74, 6) is 0.416. The SMILES string of the molecule is COCC(=O)N1CCNC(CC(=O)NC2=NN(c3ccc(Cl)c(Cl)c3)CC2)C1. The average Bonchev–Trinajstić information content (AvgIpc) is 3.12. The number of halogens is 2. The van der Waals surface area contributed by atoms with Crippen LogP contribution in [0.1, 0.15) is 12.8 Å². The van der Waals surface area contributed by atoms with Crippen molar-refractivity contribution in [2.24, 2.45) is 5.10 Å². The summed E-state index contributed by atoms with van der Waals surface area (Å²) in [7, 11) is 1.49. The van der Waals surface area contributed by atoms with Gasteiger partial charge in [-0.1, -0.05) is 23.2 Å². The number of nitrogens with one attached hydrogen (secondary N) is 2. The van der Waals surface area contributed by atoms with E-state index in [1.54, 1.807) is 22.0 Å². The van der Waals surface area contributed by atoms with Crippen LogP contribution in [0.5, 0.6) is 0 Å². The minimum atomic E-state index is -0.131. The van der Waals surface area contributed by atoms with Crippen LogP contribution in [0.3, 0.4) is 0 Å². The lowest BCUT2D eigenvalue weighted by atomic mass is 10.1. The second kappa shape index (κ2) is 9.56. The molecule has 1 aromatic rings. The lowest BCUT2D eigenvalue weighted by Crippen LogP contribution is -2.54. The minimum absolute atomic E-state index is 0.0558. The van der Waals surface area contributed by atoms with Crippen LogP contribution < -0.4 is 15.6 Å². The summed E-state index contributed by atoms with van der Waals surface area (Å²) in [4.78, 5) is 26.1. The van der Waals surface area contributed by atoms with Crippen LogP contribution in [0.25, 0.3) is 0 Å². The highest BCUT2D eigenvalue weighted by Crippen LogP contribution is 2.28. The highest BCUT2D eigenvalue weighted by molar-refractivity contribution is 6.42. The quantitative estimate of drug-likeness (QED) is 0.742. The van der Waals surface area contributed by atoms with Gasteiger partial charge in [-0.2, -0.15) is 5.10 Å². The number of methoxy groups -OCH3 is 1. The van der Waals surface area contributed by atoms with Crippen molar-refractivity contribution in [3.8, 4) is 0 Å². The van der Waals surface area contributed by atoms with Crippen LogP contribution in [0.2, 0.25) is 10.0 Å². The van der Waals surface area contributed by atoms with E-state index in [2.05, 4.69) is 15.7 Å². The molecule has 10 heteroatoms. The molecule has 1 saturated heterocycles. The summed E-state index contributed by atoms with van der Waals surface area (Å²) in [6, 6.07) is 5.20. The maximum atomic E-state index is 12.4. The van der Waals surface area contributed by atoms with E-state index in [-0.39, 0.29) is 30.9 Å². The molecule has 8 nitrogen and oxygen atoms in total. The molecule has 0 bridgehead atoms. The highest BCUT2D eigenvalue weighted by Gasteiger charge is 2.26. The summed E-state index contributed by atoms with van der Waals surface area (Å²) in [5.41, 5.74) is 0.819. The van der Waals surface area contributed by atoms with Crippen molar-refractivity contribution in [2.75, 3.05) is 44.9 Å². The van der Waals surface area contributed by atoms with Gasteiger partial charge in [-0.05, 0) is 18.2 Å². The second-order valence-corrected chi connectivity index (χ2v) is 7.51. The van der Waals surface area contributed by atoms with E-state index in [1.807, 2.05) is 6.07 Å². The number of hydrogen-bond acceptors (Lipinski definition) is 6. The smallest absolute Gasteiger partial charge is 0.248 e. The molecular formula is C18H23Cl2N5O3. The summed E-state index contributed by atoms with van der Waals surface area (Å²) in [6.07, 6.45) is 0.894. The molecule has 0 aliphatic carbocycles. The number of piperazine rings is 1. The van der Waals surface area contributed by atoms with E-state index in [9.17, 15) is 9.59 Å². The number of carbonyl (C=O) groups is 2. The first kappa shape index (κ1) is 20.9. The Kier molecular flexibility index (Phi) is 7.12. The molecule has 0 saturated carbocycles. The molecule has 28 heavy (non-hydrogen) atoms. The first-order valence-electron chi connectivity index (χ1n) is 9.06. The van der Waals surface area contributed by atoms with Crippen molar-refractivity contribution in [2.45, 2.75) is 18.9 Å². The average molecular weight is 428 g/mol. The predicted molar refractivity (Wildman–Crippen MR) is 109 cm³/mol. The monoisotopic (exact) mass is 427 g/mol. The summed E-state index contributed by atoms with van der Waals surface area (Å²) >= 11 is 12.0. The number of anilines is 1. The van der Waals surface area contributed by atoms with Gasteiger partial charge in [0, 0.05) is 52.2 Å². The Hall–Kier alpha value is -1.87. The van der Waals surface area contributed by atoms with Gasteiger partial charge in [0.2, 0.25) is 11.8 Å². The Morgan fingerprint density at radius 1 is 1.32 bits per heavy atom. The fourth-order valence-corrected chi connectivity index (χ4v) is 3.51. The molecule has 0 aromatic heterocycles. The molecule has 1 fully saturated rings. The summed E-state index contributed by atoms with van der Waals surface area (Å²) in [6.45, 7) is 2.46. The molecule has 2 amide bonds. The lowest BCUT2D eigenvalue weighted by molar-refractivity contribution is -0.137. The molecule has 0 spiro atoms. The van der Waals surface area contributed by atoms with E-state index in [0.717, 1.165) is 5.69 Å². The molecule has 152 valence electrons. The van der Waals surface area contributed by atoms with Gasteiger partial charge in [-0.25, -0.2) is 0 Å². The zero-order valence-electron chi connectivity index (χ0n) is 15.6. The maximum Gasteiger partial charge on any atom is 0.248 e. The van der Waals surface area contributed by atoms with Crippen molar-refractivity contribution < 1.29 is 14.3 Å². The standard InChI is InChI=1S/C18H23Cl2N5O3/c1-28-11-18(27)24-7-5-21-12(10-24)8-17(26)22-16-4-6-25(23-16)13-2-3-14(19)15(20)9-13/h2-3,9,12,21H,4-8,10-11H2,1H3,(H,22,23,26). The highest BCUT2D eigenvalue weighted by atomic mass is 35.5. The Morgan fingerprint density at radius 3 is 2.89 bits per heavy atom. The van der Waals surface area contributed by atoms with Gasteiger partial charge in [0.05, 0.1) is 15.7 Å². The van der Waals surface area contributed by atoms with Gasteiger partial charge in [0.1, 0.15) is 12.4 Å². The molecule has 2 N–H and O–H groups in total. The number of ether oxygens (including phenoxy) is 1. The van der Waals surface area contributed by atoms with Crippen LogP contribution >= 0.6 is 23.2 Å². The Morgan fingerprint density at radius 2 is 2.14 bits per heavy atom. The number of benzene rings is 1. The summed E-state index contributed by atoms with van der Waals surface area (Å²) in [5, 5.41) is 13.3. The fourth-order valence-electron chi connectivity index (χ4n) is 3.22. The topological polar surface area (TPSA) is 86.3 Å². The number of nitrogens with zero attached hydrogens (tertiary/aromatic N) is 3. The normalized spacial score (nSPS) is 19.5. The first-order chi connectivity index (χ1) is 13.5. The van der Waals surface area contributed by atoms with Crippen molar-refractivity contribution >= 4 is 46.5 Å². The molecular weight excluding hydrogens is 405 g/mol. The zero-order valence-corrected chi connectivity index (χ0v) is 17.1. The van der Waals surface area contributed by atoms with Crippen LogP contribution in [-0.2, 0) is 14.3 Å². The number of rotatable bonds is 5. The molecule has 2 heterocycles. The third-order valence-corrected chi connectivity index (χ3v) is 5.33. The van der Waals surface area contributed by atoms with Crippen LogP contribution in [0.4, 0.5) is 5.69 Å². The van der Waals surface area contributed by atoms with Gasteiger partial charge < -0.3 is 20.3 Å². The van der Waals surface area contributed by atoms with E-state index >= 15 is 0 Å². The largest absolute Gasteiger partial charge is 0.375 e. The molecule has 1 unspecified atom stereocenters. The molecule has 1 atom stereocenters. The van der Waals surface area contributed by atoms with E-state index in [1.165, 1.54) is 7.11 Å². The lowest BCUT2D eigenvalue weighted by Gasteiger charge is -2.33. The number of amides is 2. The first-order valence-corrected chi connectivity index (χ1v) is 9.82. The van der Waals surface area contributed by atoms with Crippen molar-refractivity contribution in [3.63, 3.8) is 0 Å². The van der Waals surface area contributed by atoms with Crippen LogP contribution in [0.15, 0.2) is 23.3 Å².